The number of anilines is 2. The van der Waals surface area contributed by atoms with Crippen molar-refractivity contribution >= 4 is 24.2 Å². The van der Waals surface area contributed by atoms with Crippen molar-refractivity contribution in [3.63, 3.8) is 0 Å². The molecule has 10 heteroatoms. The number of halogens is 4. The first kappa shape index (κ1) is 18.7. The fraction of sp³-hybridized carbons (Fsp3) is 0.667. The van der Waals surface area contributed by atoms with Crippen LogP contribution < -0.4 is 15.5 Å². The number of β-amino-alcohol motifs (C(OH)–C–C–N with tert-alkyl or cyclic N) is 1. The lowest BCUT2D eigenvalue weighted by atomic mass is 10.0. The summed E-state index contributed by atoms with van der Waals surface area (Å²) in [5, 5.41) is 15.7. The lowest BCUT2D eigenvalue weighted by Gasteiger charge is -2.29. The summed E-state index contributed by atoms with van der Waals surface area (Å²) in [5.74, 6) is 0.0303. The third-order valence-electron chi connectivity index (χ3n) is 3.19. The second kappa shape index (κ2) is 7.30. The molecule has 1 aliphatic rings. The molecule has 0 bridgehead atoms. The maximum absolute atomic E-state index is 12.9. The van der Waals surface area contributed by atoms with Gasteiger partial charge in [-0.3, -0.25) is 0 Å². The Hall–Kier alpha value is -1.32. The van der Waals surface area contributed by atoms with Crippen molar-refractivity contribution in [2.24, 2.45) is 0 Å². The molecule has 0 spiro atoms. The van der Waals surface area contributed by atoms with Crippen molar-refractivity contribution in [1.29, 1.82) is 0 Å². The van der Waals surface area contributed by atoms with Crippen LogP contribution in [0.2, 0.25) is 0 Å². The summed E-state index contributed by atoms with van der Waals surface area (Å²) in [6.07, 6.45) is -4.62. The van der Waals surface area contributed by atoms with Gasteiger partial charge in [-0.2, -0.15) is 18.2 Å². The summed E-state index contributed by atoms with van der Waals surface area (Å²) in [4.78, 5) is 8.94. The molecule has 3 N–H and O–H groups in total. The molecule has 0 aliphatic carbocycles. The van der Waals surface area contributed by atoms with Gasteiger partial charge in [0.05, 0.1) is 12.1 Å². The first-order valence-electron chi connectivity index (χ1n) is 6.56. The smallest absolute Gasteiger partial charge is 0.390 e. The van der Waals surface area contributed by atoms with Crippen LogP contribution in [0.4, 0.5) is 24.9 Å². The Labute approximate surface area is 132 Å². The number of nitrogens with zero attached hydrogens (tertiary/aromatic N) is 3. The maximum Gasteiger partial charge on any atom is 0.433 e. The van der Waals surface area contributed by atoms with Crippen molar-refractivity contribution in [1.82, 2.24) is 15.3 Å². The highest BCUT2D eigenvalue weighted by atomic mass is 35.5. The third kappa shape index (κ3) is 4.59. The van der Waals surface area contributed by atoms with Crippen molar-refractivity contribution in [3.05, 3.63) is 11.8 Å². The molecule has 6 nitrogen and oxygen atoms in total. The summed E-state index contributed by atoms with van der Waals surface area (Å²) in [6.45, 7) is 1.09. The van der Waals surface area contributed by atoms with Crippen LogP contribution in [0.15, 0.2) is 6.07 Å². The van der Waals surface area contributed by atoms with E-state index in [-0.39, 0.29) is 30.2 Å². The Balaban J connectivity index is 0.00000242. The monoisotopic (exact) mass is 341 g/mol. The molecule has 22 heavy (non-hydrogen) atoms. The summed E-state index contributed by atoms with van der Waals surface area (Å²) < 4.78 is 38.6. The van der Waals surface area contributed by atoms with Crippen LogP contribution in [0.3, 0.4) is 0 Å². The zero-order chi connectivity index (χ0) is 15.6. The van der Waals surface area contributed by atoms with E-state index in [0.717, 1.165) is 6.07 Å². The largest absolute Gasteiger partial charge is 0.433 e. The van der Waals surface area contributed by atoms with Crippen molar-refractivity contribution in [3.8, 4) is 0 Å². The number of hydrogen-bond donors (Lipinski definition) is 3. The van der Waals surface area contributed by atoms with E-state index in [9.17, 15) is 18.3 Å². The number of nitrogens with one attached hydrogen (secondary N) is 2. The van der Waals surface area contributed by atoms with Gasteiger partial charge in [0.1, 0.15) is 5.82 Å². The van der Waals surface area contributed by atoms with Crippen LogP contribution >= 0.6 is 12.4 Å². The van der Waals surface area contributed by atoms with E-state index >= 15 is 0 Å². The van der Waals surface area contributed by atoms with E-state index < -0.39 is 18.0 Å². The summed E-state index contributed by atoms with van der Waals surface area (Å²) >= 11 is 0. The molecule has 2 atom stereocenters. The van der Waals surface area contributed by atoms with Crippen LogP contribution in [-0.2, 0) is 6.18 Å². The predicted octanol–water partition coefficient (Wildman–Crippen LogP) is 1.12. The van der Waals surface area contributed by atoms with E-state index in [0.29, 0.717) is 19.5 Å². The zero-order valence-electron chi connectivity index (χ0n) is 12.2. The molecule has 2 heterocycles. The van der Waals surface area contributed by atoms with Gasteiger partial charge in [-0.05, 0) is 13.0 Å². The molecule has 2 rings (SSSR count). The summed E-state index contributed by atoms with van der Waals surface area (Å²) in [6, 6.07) is 0.527. The zero-order valence-corrected chi connectivity index (χ0v) is 13.0. The predicted molar refractivity (Wildman–Crippen MR) is 79.5 cm³/mol. The molecule has 1 saturated heterocycles. The van der Waals surface area contributed by atoms with Gasteiger partial charge in [-0.25, -0.2) is 4.98 Å². The van der Waals surface area contributed by atoms with Gasteiger partial charge < -0.3 is 20.6 Å². The van der Waals surface area contributed by atoms with Crippen LogP contribution in [-0.4, -0.2) is 54.4 Å². The quantitative estimate of drug-likeness (QED) is 0.765. The highest BCUT2D eigenvalue weighted by Gasteiger charge is 2.34. The minimum Gasteiger partial charge on any atom is -0.390 e. The van der Waals surface area contributed by atoms with Gasteiger partial charge in [-0.1, -0.05) is 0 Å². The number of alkyl halides is 3. The standard InChI is InChI=1S/C12H18F3N5O.ClH/c1-20(2)11-18-9(12(13,14)15)5-10(19-11)17-7-3-4-16-6-8(7)21;/h5,7-8,16,21H,3-4,6H2,1-2H3,(H,17,18,19);1H/t7-,8-;/m1./s1. The molecular weight excluding hydrogens is 323 g/mol. The highest BCUT2D eigenvalue weighted by molar-refractivity contribution is 5.85. The van der Waals surface area contributed by atoms with Crippen LogP contribution in [0, 0.1) is 0 Å². The van der Waals surface area contributed by atoms with Gasteiger partial charge in [0.15, 0.2) is 5.69 Å². The summed E-state index contributed by atoms with van der Waals surface area (Å²) in [7, 11) is 3.14. The number of aromatic nitrogens is 2. The molecular formula is C12H19ClF3N5O. The van der Waals surface area contributed by atoms with Crippen LogP contribution in [0.5, 0.6) is 0 Å². The number of aliphatic hydroxyl groups is 1. The van der Waals surface area contributed by atoms with E-state index in [4.69, 9.17) is 0 Å². The maximum atomic E-state index is 12.9. The fourth-order valence-corrected chi connectivity index (χ4v) is 2.05. The normalized spacial score (nSPS) is 21.9. The fourth-order valence-electron chi connectivity index (χ4n) is 2.05. The Morgan fingerprint density at radius 1 is 1.36 bits per heavy atom. The minimum atomic E-state index is -4.54. The average molecular weight is 342 g/mol. The van der Waals surface area contributed by atoms with Crippen molar-refractivity contribution in [2.45, 2.75) is 24.7 Å². The average Bonchev–Trinajstić information content (AvgIpc) is 2.40. The lowest BCUT2D eigenvalue weighted by Crippen LogP contribution is -2.47. The van der Waals surface area contributed by atoms with Crippen LogP contribution in [0.25, 0.3) is 0 Å². The van der Waals surface area contributed by atoms with Crippen LogP contribution in [0.1, 0.15) is 12.1 Å². The first-order chi connectivity index (χ1) is 9.77. The molecule has 1 fully saturated rings. The van der Waals surface area contributed by atoms with Gasteiger partial charge in [0.2, 0.25) is 5.95 Å². The Bertz CT molecular complexity index is 500. The Morgan fingerprint density at radius 2 is 2.05 bits per heavy atom. The third-order valence-corrected chi connectivity index (χ3v) is 3.19. The molecule has 1 aliphatic heterocycles. The van der Waals surface area contributed by atoms with Crippen molar-refractivity contribution in [2.75, 3.05) is 37.4 Å². The second-order valence-corrected chi connectivity index (χ2v) is 5.14. The molecule has 1 aromatic rings. The highest BCUT2D eigenvalue weighted by Crippen LogP contribution is 2.30. The van der Waals surface area contributed by atoms with Crippen molar-refractivity contribution < 1.29 is 18.3 Å². The summed E-state index contributed by atoms with van der Waals surface area (Å²) in [5.41, 5.74) is -1.01. The number of hydrogen-bond acceptors (Lipinski definition) is 6. The van der Waals surface area contributed by atoms with Gasteiger partial charge in [0, 0.05) is 26.7 Å². The number of aliphatic hydroxyl groups excluding tert-OH is 1. The van der Waals surface area contributed by atoms with E-state index in [2.05, 4.69) is 20.6 Å². The van der Waals surface area contributed by atoms with E-state index in [1.807, 2.05) is 0 Å². The molecule has 0 aromatic carbocycles. The number of piperidine rings is 1. The molecule has 0 saturated carbocycles. The van der Waals surface area contributed by atoms with E-state index in [1.165, 1.54) is 4.90 Å². The van der Waals surface area contributed by atoms with Gasteiger partial charge in [0.25, 0.3) is 0 Å². The number of rotatable bonds is 3. The molecule has 126 valence electrons. The lowest BCUT2D eigenvalue weighted by molar-refractivity contribution is -0.141. The molecule has 1 aromatic heterocycles. The Morgan fingerprint density at radius 3 is 2.59 bits per heavy atom. The van der Waals surface area contributed by atoms with Gasteiger partial charge >= 0.3 is 6.18 Å². The first-order valence-corrected chi connectivity index (χ1v) is 6.56. The SMILES string of the molecule is CN(C)c1nc(N[C@@H]2CCNC[C@H]2O)cc(C(F)(F)F)n1.Cl. The minimum absolute atomic E-state index is 0. The molecule has 0 unspecified atom stereocenters. The topological polar surface area (TPSA) is 73.3 Å². The second-order valence-electron chi connectivity index (χ2n) is 5.14. The molecule has 0 radical (unpaired) electrons. The van der Waals surface area contributed by atoms with E-state index in [1.54, 1.807) is 14.1 Å². The molecule has 0 amide bonds. The Kier molecular flexibility index (Phi) is 6.21. The van der Waals surface area contributed by atoms with Gasteiger partial charge in [-0.15, -0.1) is 12.4 Å².